The minimum absolute atomic E-state index is 0.0286. The Morgan fingerprint density at radius 1 is 1.27 bits per heavy atom. The Balaban J connectivity index is 1.82. The number of imidazole rings is 1. The highest BCUT2D eigenvalue weighted by Gasteiger charge is 2.27. The maximum Gasteiger partial charge on any atom is 0.222 e. The van der Waals surface area contributed by atoms with Gasteiger partial charge in [0.2, 0.25) is 5.91 Å². The molecule has 1 aromatic heterocycles. The second-order valence-corrected chi connectivity index (χ2v) is 10.5. The molecule has 1 saturated heterocycles. The van der Waals surface area contributed by atoms with Gasteiger partial charge in [-0.3, -0.25) is 4.79 Å². The van der Waals surface area contributed by atoms with Crippen molar-refractivity contribution < 1.29 is 22.5 Å². The molecule has 176 valence electrons. The van der Waals surface area contributed by atoms with E-state index in [1.165, 1.54) is 0 Å². The van der Waals surface area contributed by atoms with Gasteiger partial charge in [0.25, 0.3) is 0 Å². The van der Waals surface area contributed by atoms with Crippen molar-refractivity contribution in [3.8, 4) is 11.4 Å². The fourth-order valence-electron chi connectivity index (χ4n) is 4.09. The fraction of sp³-hybridized carbons (Fsp3) is 0.391. The average molecular weight is 477 g/mol. The van der Waals surface area contributed by atoms with Crippen LogP contribution in [0, 0.1) is 23.3 Å². The molecule has 0 saturated carbocycles. The van der Waals surface area contributed by atoms with Crippen molar-refractivity contribution in [3.63, 3.8) is 0 Å². The topological polar surface area (TPSA) is 88.3 Å². The van der Waals surface area contributed by atoms with Gasteiger partial charge < -0.3 is 14.2 Å². The number of hydrogen-bond donors (Lipinski definition) is 1. The van der Waals surface area contributed by atoms with Gasteiger partial charge in [0.05, 0.1) is 50.5 Å². The summed E-state index contributed by atoms with van der Waals surface area (Å²) in [5.41, 5.74) is 1.85. The van der Waals surface area contributed by atoms with Gasteiger partial charge in [-0.15, -0.1) is 0 Å². The molecule has 7 nitrogen and oxygen atoms in total. The van der Waals surface area contributed by atoms with E-state index in [9.17, 15) is 9.00 Å². The van der Waals surface area contributed by atoms with Crippen LogP contribution in [0.25, 0.3) is 22.4 Å². The van der Waals surface area contributed by atoms with E-state index in [1.807, 2.05) is 25.1 Å². The lowest BCUT2D eigenvalue weighted by Gasteiger charge is -2.33. The third-order valence-corrected chi connectivity index (χ3v) is 6.91. The molecule has 0 bridgehead atoms. The lowest BCUT2D eigenvalue weighted by molar-refractivity contribution is -0.138. The number of benzene rings is 2. The van der Waals surface area contributed by atoms with E-state index < -0.39 is 21.4 Å². The molecule has 1 N–H and O–H groups in total. The van der Waals surface area contributed by atoms with E-state index in [0.717, 1.165) is 24.0 Å². The zero-order chi connectivity index (χ0) is 23.9. The van der Waals surface area contributed by atoms with Crippen molar-refractivity contribution in [1.82, 2.24) is 14.5 Å². The Hall–Kier alpha value is -2.85. The first-order chi connectivity index (χ1) is 15.6. The van der Waals surface area contributed by atoms with Crippen molar-refractivity contribution in [2.45, 2.75) is 37.8 Å². The van der Waals surface area contributed by atoms with Crippen molar-refractivity contribution in [1.29, 1.82) is 4.78 Å². The van der Waals surface area contributed by atoms with Gasteiger partial charge in [-0.2, -0.15) is 0 Å². The number of amides is 1. The van der Waals surface area contributed by atoms with Crippen LogP contribution in [0.2, 0.25) is 0 Å². The first-order valence-electron chi connectivity index (χ1n) is 10.7. The van der Waals surface area contributed by atoms with E-state index in [4.69, 9.17) is 9.52 Å². The highest BCUT2D eigenvalue weighted by atomic mass is 32.2. The van der Waals surface area contributed by atoms with E-state index in [2.05, 4.69) is 4.98 Å². The first-order valence-corrected chi connectivity index (χ1v) is 12.6. The molecule has 0 aliphatic carbocycles. The molecule has 1 amide bonds. The average Bonchev–Trinajstić information content (AvgIpc) is 3.09. The normalized spacial score (nSPS) is 18.5. The van der Waals surface area contributed by atoms with E-state index in [0.29, 0.717) is 37.2 Å². The molecule has 1 aliphatic heterocycles. The largest absolute Gasteiger partial charge is 0.373 e. The molecule has 2 aromatic carbocycles. The lowest BCUT2D eigenvalue weighted by atomic mass is 10.1. The summed E-state index contributed by atoms with van der Waals surface area (Å²) in [6, 6.07) is 7.42. The monoisotopic (exact) mass is 476 g/mol. The third kappa shape index (κ3) is 4.63. The van der Waals surface area contributed by atoms with Crippen molar-refractivity contribution >= 4 is 26.7 Å². The number of aryl methyl sites for hydroxylation is 1. The number of rotatable bonds is 5. The Morgan fingerprint density at radius 2 is 1.97 bits per heavy atom. The molecule has 1 unspecified atom stereocenters. The van der Waals surface area contributed by atoms with Crippen LogP contribution in [0.5, 0.6) is 0 Å². The molecule has 0 spiro atoms. The van der Waals surface area contributed by atoms with Crippen LogP contribution < -0.4 is 0 Å². The summed E-state index contributed by atoms with van der Waals surface area (Å²) in [4.78, 5) is 18.2. The molecule has 2 atom stereocenters. The highest BCUT2D eigenvalue weighted by Crippen LogP contribution is 2.32. The van der Waals surface area contributed by atoms with Gasteiger partial charge in [0.1, 0.15) is 17.5 Å². The van der Waals surface area contributed by atoms with Crippen molar-refractivity contribution in [3.05, 3.63) is 47.5 Å². The molecule has 0 radical (unpaired) electrons. The van der Waals surface area contributed by atoms with Gasteiger partial charge in [-0.1, -0.05) is 13.0 Å². The summed E-state index contributed by atoms with van der Waals surface area (Å²) < 4.78 is 57.5. The third-order valence-electron chi connectivity index (χ3n) is 5.77. The standard InChI is InChI=1S/C23H26F2N4O3S/c1-4-21(30)28-7-8-32-15(12-28)13-29-20-6-5-14(2)9-19(20)27-23(29)22-17(24)10-16(11-18(22)25)33(3,26)31/h5-6,9-11,15,26H,4,7-8,12-13H2,1-3H3/t15-,33?/m1/s1. The maximum atomic E-state index is 15.1. The van der Waals surface area contributed by atoms with Crippen LogP contribution in [0.15, 0.2) is 35.2 Å². The molecule has 1 fully saturated rings. The van der Waals surface area contributed by atoms with Gasteiger partial charge in [0.15, 0.2) is 0 Å². The molecular formula is C23H26F2N4O3S. The zero-order valence-electron chi connectivity index (χ0n) is 18.7. The summed E-state index contributed by atoms with van der Waals surface area (Å²) in [5, 5.41) is 0. The molecule has 33 heavy (non-hydrogen) atoms. The first kappa shape index (κ1) is 23.3. The molecule has 2 heterocycles. The number of halogens is 2. The Bertz CT molecular complexity index is 1310. The van der Waals surface area contributed by atoms with E-state index >= 15 is 8.78 Å². The minimum Gasteiger partial charge on any atom is -0.373 e. The molecule has 1 aliphatic rings. The van der Waals surface area contributed by atoms with Crippen LogP contribution in [0.1, 0.15) is 18.9 Å². The predicted octanol–water partition coefficient (Wildman–Crippen LogP) is 3.96. The van der Waals surface area contributed by atoms with Crippen LogP contribution in [-0.2, 0) is 25.8 Å². The van der Waals surface area contributed by atoms with Crippen molar-refractivity contribution in [2.24, 2.45) is 0 Å². The number of ether oxygens (including phenoxy) is 1. The van der Waals surface area contributed by atoms with Crippen LogP contribution >= 0.6 is 0 Å². The second kappa shape index (κ2) is 8.83. The van der Waals surface area contributed by atoms with Gasteiger partial charge in [-0.25, -0.2) is 22.8 Å². The summed E-state index contributed by atoms with van der Waals surface area (Å²) in [6.07, 6.45) is 1.13. The molecule has 3 aromatic rings. The van der Waals surface area contributed by atoms with Gasteiger partial charge >= 0.3 is 0 Å². The number of carbonyl (C=O) groups excluding carboxylic acids is 1. The summed E-state index contributed by atoms with van der Waals surface area (Å²) in [5.74, 6) is -1.77. The summed E-state index contributed by atoms with van der Waals surface area (Å²) >= 11 is 0. The SMILES string of the molecule is CCC(=O)N1CCO[C@@H](Cn2c(-c3c(F)cc(S(C)(=N)=O)cc3F)nc3cc(C)ccc32)C1. The van der Waals surface area contributed by atoms with Crippen LogP contribution in [0.3, 0.4) is 0 Å². The Morgan fingerprint density at radius 3 is 2.61 bits per heavy atom. The Labute approximate surface area is 191 Å². The number of fused-ring (bicyclic) bond motifs is 1. The lowest BCUT2D eigenvalue weighted by Crippen LogP contribution is -2.46. The van der Waals surface area contributed by atoms with Crippen LogP contribution in [0.4, 0.5) is 8.78 Å². The molecule has 10 heteroatoms. The van der Waals surface area contributed by atoms with Crippen LogP contribution in [-0.4, -0.2) is 56.6 Å². The number of nitrogens with one attached hydrogen (secondary N) is 1. The summed E-state index contributed by atoms with van der Waals surface area (Å²) in [7, 11) is -3.29. The number of morpholine rings is 1. The molecular weight excluding hydrogens is 450 g/mol. The second-order valence-electron chi connectivity index (χ2n) is 8.33. The summed E-state index contributed by atoms with van der Waals surface area (Å²) in [6.45, 7) is 5.21. The smallest absolute Gasteiger partial charge is 0.222 e. The predicted molar refractivity (Wildman–Crippen MR) is 121 cm³/mol. The van der Waals surface area contributed by atoms with E-state index in [-0.39, 0.29) is 34.8 Å². The number of carbonyl (C=O) groups is 1. The zero-order valence-corrected chi connectivity index (χ0v) is 19.5. The van der Waals surface area contributed by atoms with Gasteiger partial charge in [0, 0.05) is 25.8 Å². The maximum absolute atomic E-state index is 15.1. The Kier molecular flexibility index (Phi) is 6.24. The van der Waals surface area contributed by atoms with Crippen molar-refractivity contribution in [2.75, 3.05) is 26.0 Å². The molecule has 4 rings (SSSR count). The number of hydrogen-bond acceptors (Lipinski definition) is 5. The van der Waals surface area contributed by atoms with Gasteiger partial charge in [-0.05, 0) is 36.8 Å². The fourth-order valence-corrected chi connectivity index (χ4v) is 4.74. The highest BCUT2D eigenvalue weighted by molar-refractivity contribution is 7.91. The van der Waals surface area contributed by atoms with E-state index in [1.54, 1.807) is 16.4 Å². The number of nitrogens with zero attached hydrogens (tertiary/aromatic N) is 3. The number of aromatic nitrogens is 2. The quantitative estimate of drug-likeness (QED) is 0.604. The minimum atomic E-state index is -3.29.